The fourth-order valence-electron chi connectivity index (χ4n) is 3.15. The van der Waals surface area contributed by atoms with Crippen LogP contribution >= 0.6 is 24.2 Å². The van der Waals surface area contributed by atoms with Gasteiger partial charge >= 0.3 is 0 Å². The number of nitro groups is 1. The normalized spacial score (nSPS) is 17.1. The van der Waals surface area contributed by atoms with E-state index >= 15 is 0 Å². The van der Waals surface area contributed by atoms with Crippen LogP contribution in [0.15, 0.2) is 23.1 Å². The van der Waals surface area contributed by atoms with Crippen molar-refractivity contribution >= 4 is 41.7 Å². The Morgan fingerprint density at radius 1 is 1.25 bits per heavy atom. The first-order valence-electron chi connectivity index (χ1n) is 9.16. The first-order chi connectivity index (χ1) is 12.9. The summed E-state index contributed by atoms with van der Waals surface area (Å²) in [6.45, 7) is 2.51. The van der Waals surface area contributed by atoms with Gasteiger partial charge in [-0.25, -0.2) is 0 Å². The van der Waals surface area contributed by atoms with Crippen LogP contribution in [0.5, 0.6) is 0 Å². The Labute approximate surface area is 174 Å². The first kappa shape index (κ1) is 22.4. The number of nitrogens with zero attached hydrogens (tertiary/aromatic N) is 2. The molecule has 1 aliphatic carbocycles. The molecule has 1 aliphatic heterocycles. The summed E-state index contributed by atoms with van der Waals surface area (Å²) in [7, 11) is 0. The van der Waals surface area contributed by atoms with E-state index in [9.17, 15) is 19.7 Å². The maximum absolute atomic E-state index is 12.5. The van der Waals surface area contributed by atoms with E-state index in [0.717, 1.165) is 43.1 Å². The Kier molecular flexibility index (Phi) is 8.09. The lowest BCUT2D eigenvalue weighted by molar-refractivity contribution is -0.387. The van der Waals surface area contributed by atoms with Crippen LogP contribution in [0.2, 0.25) is 0 Å². The number of benzene rings is 1. The van der Waals surface area contributed by atoms with Gasteiger partial charge < -0.3 is 16.0 Å². The molecule has 3 N–H and O–H groups in total. The molecule has 2 aliphatic rings. The van der Waals surface area contributed by atoms with Crippen molar-refractivity contribution in [1.82, 2.24) is 10.2 Å². The predicted octanol–water partition coefficient (Wildman–Crippen LogP) is 2.20. The first-order valence-corrected chi connectivity index (χ1v) is 10.1. The zero-order chi connectivity index (χ0) is 19.4. The SMILES string of the molecule is Cl.NC(=O)c1ccc(SCC(=O)N2CCC(NCC3CC3)CC2)c([N+](=O)[O-])c1. The van der Waals surface area contributed by atoms with E-state index in [4.69, 9.17) is 5.73 Å². The molecule has 2 amide bonds. The van der Waals surface area contributed by atoms with Crippen LogP contribution in [0.25, 0.3) is 0 Å². The number of nitrogens with two attached hydrogens (primary N) is 1. The van der Waals surface area contributed by atoms with Gasteiger partial charge in [0.15, 0.2) is 0 Å². The molecular formula is C18H25ClN4O4S. The van der Waals surface area contributed by atoms with Crippen LogP contribution in [0.1, 0.15) is 36.0 Å². The molecule has 2 fully saturated rings. The molecule has 0 radical (unpaired) electrons. The lowest BCUT2D eigenvalue weighted by Gasteiger charge is -2.32. The van der Waals surface area contributed by atoms with Crippen LogP contribution in [0.4, 0.5) is 5.69 Å². The summed E-state index contributed by atoms with van der Waals surface area (Å²) in [5, 5.41) is 14.8. The van der Waals surface area contributed by atoms with E-state index in [2.05, 4.69) is 5.32 Å². The molecule has 3 rings (SSSR count). The quantitative estimate of drug-likeness (QED) is 0.372. The molecule has 1 aromatic rings. The number of nitro benzene ring substituents is 1. The van der Waals surface area contributed by atoms with Crippen molar-refractivity contribution in [2.24, 2.45) is 11.7 Å². The van der Waals surface area contributed by atoms with E-state index in [1.807, 2.05) is 4.90 Å². The molecule has 10 heteroatoms. The average Bonchev–Trinajstić information content (AvgIpc) is 3.49. The van der Waals surface area contributed by atoms with Crippen LogP contribution < -0.4 is 11.1 Å². The molecule has 28 heavy (non-hydrogen) atoms. The Bertz CT molecular complexity index is 736. The Morgan fingerprint density at radius 3 is 2.50 bits per heavy atom. The second kappa shape index (κ2) is 10.1. The second-order valence-corrected chi connectivity index (χ2v) is 8.12. The maximum Gasteiger partial charge on any atom is 0.283 e. The molecule has 1 aromatic carbocycles. The molecule has 1 heterocycles. The van der Waals surface area contributed by atoms with E-state index in [-0.39, 0.29) is 35.3 Å². The van der Waals surface area contributed by atoms with E-state index in [1.165, 1.54) is 25.0 Å². The minimum Gasteiger partial charge on any atom is -0.366 e. The van der Waals surface area contributed by atoms with E-state index in [1.54, 1.807) is 0 Å². The maximum atomic E-state index is 12.5. The molecule has 8 nitrogen and oxygen atoms in total. The van der Waals surface area contributed by atoms with Gasteiger partial charge in [-0.1, -0.05) is 0 Å². The van der Waals surface area contributed by atoms with Crippen molar-refractivity contribution < 1.29 is 14.5 Å². The summed E-state index contributed by atoms with van der Waals surface area (Å²) >= 11 is 1.12. The number of piperidine rings is 1. The number of carbonyl (C=O) groups is 2. The van der Waals surface area contributed by atoms with Gasteiger partial charge in [0.05, 0.1) is 15.6 Å². The van der Waals surface area contributed by atoms with Gasteiger partial charge in [0.2, 0.25) is 11.8 Å². The molecule has 0 unspecified atom stereocenters. The molecule has 0 aromatic heterocycles. The van der Waals surface area contributed by atoms with Gasteiger partial charge in [-0.05, 0) is 50.3 Å². The zero-order valence-corrected chi connectivity index (χ0v) is 17.1. The van der Waals surface area contributed by atoms with Crippen LogP contribution in [0.3, 0.4) is 0 Å². The number of carbonyl (C=O) groups excluding carboxylic acids is 2. The fourth-order valence-corrected chi connectivity index (χ4v) is 4.06. The van der Waals surface area contributed by atoms with E-state index in [0.29, 0.717) is 24.0 Å². The number of hydrogen-bond acceptors (Lipinski definition) is 6. The number of rotatable bonds is 8. The van der Waals surface area contributed by atoms with Crippen molar-refractivity contribution in [3.63, 3.8) is 0 Å². The van der Waals surface area contributed by atoms with Gasteiger partial charge in [0, 0.05) is 30.8 Å². The highest BCUT2D eigenvalue weighted by Crippen LogP contribution is 2.31. The summed E-state index contributed by atoms with van der Waals surface area (Å²) < 4.78 is 0. The van der Waals surface area contributed by atoms with Gasteiger partial charge in [-0.2, -0.15) is 0 Å². The number of hydrogen-bond donors (Lipinski definition) is 2. The largest absolute Gasteiger partial charge is 0.366 e. The Hall–Kier alpha value is -1.84. The predicted molar refractivity (Wildman–Crippen MR) is 110 cm³/mol. The minimum atomic E-state index is -0.719. The highest BCUT2D eigenvalue weighted by atomic mass is 35.5. The van der Waals surface area contributed by atoms with Crippen LogP contribution in [-0.4, -0.2) is 53.1 Å². The third kappa shape index (κ3) is 6.08. The molecule has 0 bridgehead atoms. The lowest BCUT2D eigenvalue weighted by atomic mass is 10.0. The standard InChI is InChI=1S/C18H24N4O4S.ClH/c19-18(24)13-3-4-16(15(9-13)22(25)26)27-11-17(23)21-7-5-14(6-8-21)20-10-12-1-2-12;/h3-4,9,12,14,20H,1-2,5-8,10-11H2,(H2,19,24);1H. The summed E-state index contributed by atoms with van der Waals surface area (Å²) in [6.07, 6.45) is 4.54. The number of likely N-dealkylation sites (tertiary alicyclic amines) is 1. The molecule has 0 spiro atoms. The van der Waals surface area contributed by atoms with Crippen molar-refractivity contribution in [1.29, 1.82) is 0 Å². The molecular weight excluding hydrogens is 404 g/mol. The number of nitrogens with one attached hydrogen (secondary N) is 1. The Balaban J connectivity index is 0.00000280. The van der Waals surface area contributed by atoms with Gasteiger partial charge in [0.25, 0.3) is 5.69 Å². The second-order valence-electron chi connectivity index (χ2n) is 7.10. The molecule has 154 valence electrons. The molecule has 0 atom stereocenters. The third-order valence-electron chi connectivity index (χ3n) is 5.03. The number of halogens is 1. The Morgan fingerprint density at radius 2 is 1.93 bits per heavy atom. The van der Waals surface area contributed by atoms with Gasteiger partial charge in [-0.3, -0.25) is 19.7 Å². The topological polar surface area (TPSA) is 119 Å². The third-order valence-corrected chi connectivity index (χ3v) is 6.08. The minimum absolute atomic E-state index is 0. The number of amides is 2. The summed E-state index contributed by atoms with van der Waals surface area (Å²) in [4.78, 5) is 36.5. The van der Waals surface area contributed by atoms with Crippen molar-refractivity contribution in [3.8, 4) is 0 Å². The van der Waals surface area contributed by atoms with Gasteiger partial charge in [-0.15, -0.1) is 24.2 Å². The number of primary amides is 1. The molecule has 1 saturated carbocycles. The highest BCUT2D eigenvalue weighted by Gasteiger charge is 2.26. The monoisotopic (exact) mass is 428 g/mol. The smallest absolute Gasteiger partial charge is 0.283 e. The molecule has 1 saturated heterocycles. The van der Waals surface area contributed by atoms with Crippen molar-refractivity contribution in [2.45, 2.75) is 36.6 Å². The average molecular weight is 429 g/mol. The lowest BCUT2D eigenvalue weighted by Crippen LogP contribution is -2.45. The zero-order valence-electron chi connectivity index (χ0n) is 15.5. The summed E-state index contributed by atoms with van der Waals surface area (Å²) in [5.41, 5.74) is 5.05. The van der Waals surface area contributed by atoms with Crippen molar-refractivity contribution in [2.75, 3.05) is 25.4 Å². The highest BCUT2D eigenvalue weighted by molar-refractivity contribution is 8.00. The van der Waals surface area contributed by atoms with Crippen LogP contribution in [0, 0.1) is 16.0 Å². The summed E-state index contributed by atoms with van der Waals surface area (Å²) in [6, 6.07) is 4.56. The van der Waals surface area contributed by atoms with Crippen molar-refractivity contribution in [3.05, 3.63) is 33.9 Å². The van der Waals surface area contributed by atoms with Crippen LogP contribution in [-0.2, 0) is 4.79 Å². The summed E-state index contributed by atoms with van der Waals surface area (Å²) in [5.74, 6) is 0.243. The number of thioether (sulfide) groups is 1. The fraction of sp³-hybridized carbons (Fsp3) is 0.556. The van der Waals surface area contributed by atoms with Gasteiger partial charge in [0.1, 0.15) is 0 Å². The van der Waals surface area contributed by atoms with E-state index < -0.39 is 10.8 Å².